The summed E-state index contributed by atoms with van der Waals surface area (Å²) >= 11 is 0. The van der Waals surface area contributed by atoms with Gasteiger partial charge in [0, 0.05) is 13.6 Å². The van der Waals surface area contributed by atoms with Crippen LogP contribution in [0.2, 0.25) is 0 Å². The van der Waals surface area contributed by atoms with Gasteiger partial charge in [-0.1, -0.05) is 42.5 Å². The van der Waals surface area contributed by atoms with Crippen LogP contribution in [0.4, 0.5) is 17.6 Å². The lowest BCUT2D eigenvalue weighted by atomic mass is 10.0. The summed E-state index contributed by atoms with van der Waals surface area (Å²) in [6.45, 7) is 0.708. The Kier molecular flexibility index (Phi) is 4.68. The normalized spacial score (nSPS) is 11.6. The molecular formula is C21H20ClN7. The SMILES string of the molecule is CN(Cc1ccc2c(c1)Cc1ccccc1-2)c1cnc2nc(N)nc(N)c2n1.Cl. The van der Waals surface area contributed by atoms with Crippen LogP contribution in [-0.4, -0.2) is 27.0 Å². The number of anilines is 3. The molecule has 1 aliphatic rings. The Morgan fingerprint density at radius 1 is 0.966 bits per heavy atom. The first-order chi connectivity index (χ1) is 13.6. The van der Waals surface area contributed by atoms with E-state index in [1.54, 1.807) is 6.20 Å². The minimum Gasteiger partial charge on any atom is -0.382 e. The van der Waals surface area contributed by atoms with Crippen LogP contribution in [0.25, 0.3) is 22.3 Å². The van der Waals surface area contributed by atoms with Gasteiger partial charge >= 0.3 is 0 Å². The van der Waals surface area contributed by atoms with Crippen LogP contribution in [0.3, 0.4) is 0 Å². The van der Waals surface area contributed by atoms with Crippen molar-refractivity contribution in [1.82, 2.24) is 19.9 Å². The minimum absolute atomic E-state index is 0. The summed E-state index contributed by atoms with van der Waals surface area (Å²) in [6.07, 6.45) is 2.66. The number of hydrogen-bond acceptors (Lipinski definition) is 7. The summed E-state index contributed by atoms with van der Waals surface area (Å²) in [4.78, 5) is 19.0. The average molecular weight is 406 g/mol. The number of aromatic nitrogens is 4. The molecule has 1 aliphatic carbocycles. The highest BCUT2D eigenvalue weighted by Gasteiger charge is 2.18. The van der Waals surface area contributed by atoms with Crippen LogP contribution in [-0.2, 0) is 13.0 Å². The molecule has 0 amide bonds. The average Bonchev–Trinajstić information content (AvgIpc) is 3.05. The van der Waals surface area contributed by atoms with Crippen molar-refractivity contribution in [2.24, 2.45) is 0 Å². The number of benzene rings is 2. The van der Waals surface area contributed by atoms with Crippen molar-refractivity contribution >= 4 is 41.2 Å². The third kappa shape index (κ3) is 3.30. The highest BCUT2D eigenvalue weighted by molar-refractivity contribution is 5.85. The maximum atomic E-state index is 5.93. The van der Waals surface area contributed by atoms with Crippen molar-refractivity contribution in [3.63, 3.8) is 0 Å². The molecule has 29 heavy (non-hydrogen) atoms. The number of halogens is 1. The Hall–Kier alpha value is -3.45. The van der Waals surface area contributed by atoms with Gasteiger partial charge in [-0.2, -0.15) is 9.97 Å². The van der Waals surface area contributed by atoms with Crippen LogP contribution in [0.1, 0.15) is 16.7 Å². The lowest BCUT2D eigenvalue weighted by Gasteiger charge is -2.19. The number of fused-ring (bicyclic) bond motifs is 4. The molecule has 0 spiro atoms. The molecular weight excluding hydrogens is 386 g/mol. The molecule has 0 unspecified atom stereocenters. The molecule has 2 aromatic heterocycles. The van der Waals surface area contributed by atoms with Gasteiger partial charge in [0.1, 0.15) is 5.82 Å². The van der Waals surface area contributed by atoms with E-state index in [1.165, 1.54) is 27.8 Å². The zero-order valence-electron chi connectivity index (χ0n) is 15.8. The fraction of sp³-hybridized carbons (Fsp3) is 0.143. The standard InChI is InChI=1S/C21H19N7.ClH/c1-28(17-10-24-20-18(25-17)19(22)26-21(23)27-20)11-12-6-7-16-14(8-12)9-13-4-2-3-5-15(13)16;/h2-8,10H,9,11H2,1H3,(H4,22,23,24,26,27);1H. The zero-order valence-corrected chi connectivity index (χ0v) is 16.6. The zero-order chi connectivity index (χ0) is 19.3. The summed E-state index contributed by atoms with van der Waals surface area (Å²) in [6, 6.07) is 15.2. The van der Waals surface area contributed by atoms with Crippen LogP contribution in [0.5, 0.6) is 0 Å². The van der Waals surface area contributed by atoms with Crippen molar-refractivity contribution in [3.05, 3.63) is 65.4 Å². The smallest absolute Gasteiger partial charge is 0.224 e. The molecule has 5 rings (SSSR count). The van der Waals surface area contributed by atoms with E-state index in [-0.39, 0.29) is 24.2 Å². The second-order valence-corrected chi connectivity index (χ2v) is 7.05. The predicted molar refractivity (Wildman–Crippen MR) is 118 cm³/mol. The molecule has 0 bridgehead atoms. The molecule has 146 valence electrons. The predicted octanol–water partition coefficient (Wildman–Crippen LogP) is 3.21. The second-order valence-electron chi connectivity index (χ2n) is 7.05. The molecule has 0 fully saturated rings. The van der Waals surface area contributed by atoms with Crippen molar-refractivity contribution in [2.75, 3.05) is 23.4 Å². The fourth-order valence-electron chi connectivity index (χ4n) is 3.77. The van der Waals surface area contributed by atoms with E-state index < -0.39 is 0 Å². The quantitative estimate of drug-likeness (QED) is 0.474. The number of nitrogen functional groups attached to an aromatic ring is 2. The highest BCUT2D eigenvalue weighted by Crippen LogP contribution is 2.36. The lowest BCUT2D eigenvalue weighted by molar-refractivity contribution is 0.894. The Balaban J connectivity index is 0.00000205. The number of nitrogens with two attached hydrogens (primary N) is 2. The van der Waals surface area contributed by atoms with E-state index in [0.717, 1.165) is 6.42 Å². The van der Waals surface area contributed by atoms with Gasteiger partial charge in [0.15, 0.2) is 17.0 Å². The summed E-state index contributed by atoms with van der Waals surface area (Å²) in [5, 5.41) is 0. The van der Waals surface area contributed by atoms with Gasteiger partial charge in [0.25, 0.3) is 0 Å². The lowest BCUT2D eigenvalue weighted by Crippen LogP contribution is -2.18. The van der Waals surface area contributed by atoms with Crippen LogP contribution >= 0.6 is 12.4 Å². The molecule has 4 aromatic rings. The van der Waals surface area contributed by atoms with E-state index >= 15 is 0 Å². The van der Waals surface area contributed by atoms with Gasteiger partial charge in [0.05, 0.1) is 6.20 Å². The monoisotopic (exact) mass is 405 g/mol. The summed E-state index contributed by atoms with van der Waals surface area (Å²) < 4.78 is 0. The molecule has 7 nitrogen and oxygen atoms in total. The minimum atomic E-state index is 0. The maximum absolute atomic E-state index is 5.93. The van der Waals surface area contributed by atoms with E-state index in [2.05, 4.69) is 62.4 Å². The van der Waals surface area contributed by atoms with E-state index in [9.17, 15) is 0 Å². The van der Waals surface area contributed by atoms with E-state index in [0.29, 0.717) is 23.5 Å². The number of rotatable bonds is 3. The number of nitrogens with zero attached hydrogens (tertiary/aromatic N) is 5. The van der Waals surface area contributed by atoms with Crippen molar-refractivity contribution < 1.29 is 0 Å². The Labute approximate surface area is 174 Å². The highest BCUT2D eigenvalue weighted by atomic mass is 35.5. The topological polar surface area (TPSA) is 107 Å². The molecule has 8 heteroatoms. The Morgan fingerprint density at radius 3 is 2.62 bits per heavy atom. The van der Waals surface area contributed by atoms with Gasteiger partial charge in [-0.15, -0.1) is 12.4 Å². The van der Waals surface area contributed by atoms with E-state index in [1.807, 2.05) is 11.9 Å². The first kappa shape index (κ1) is 18.9. The fourth-order valence-corrected chi connectivity index (χ4v) is 3.77. The summed E-state index contributed by atoms with van der Waals surface area (Å²) in [5.74, 6) is 1.04. The van der Waals surface area contributed by atoms with Crippen LogP contribution in [0.15, 0.2) is 48.7 Å². The molecule has 0 saturated heterocycles. The first-order valence-electron chi connectivity index (χ1n) is 9.05. The Bertz CT molecular complexity index is 1230. The molecule has 2 aromatic carbocycles. The van der Waals surface area contributed by atoms with Gasteiger partial charge in [-0.25, -0.2) is 9.97 Å². The third-order valence-electron chi connectivity index (χ3n) is 5.11. The summed E-state index contributed by atoms with van der Waals surface area (Å²) in [5.41, 5.74) is 19.1. The van der Waals surface area contributed by atoms with Gasteiger partial charge in [-0.05, 0) is 34.2 Å². The molecule has 4 N–H and O–H groups in total. The largest absolute Gasteiger partial charge is 0.382 e. The van der Waals surface area contributed by atoms with Gasteiger partial charge < -0.3 is 16.4 Å². The Morgan fingerprint density at radius 2 is 1.76 bits per heavy atom. The molecule has 2 heterocycles. The molecule has 0 radical (unpaired) electrons. The van der Waals surface area contributed by atoms with Crippen molar-refractivity contribution in [3.8, 4) is 11.1 Å². The van der Waals surface area contributed by atoms with Crippen LogP contribution in [0, 0.1) is 0 Å². The van der Waals surface area contributed by atoms with Crippen molar-refractivity contribution in [1.29, 1.82) is 0 Å². The van der Waals surface area contributed by atoms with Crippen molar-refractivity contribution in [2.45, 2.75) is 13.0 Å². The number of hydrogen-bond donors (Lipinski definition) is 2. The van der Waals surface area contributed by atoms with Crippen LogP contribution < -0.4 is 16.4 Å². The molecule has 0 saturated carbocycles. The second kappa shape index (κ2) is 7.18. The first-order valence-corrected chi connectivity index (χ1v) is 9.05. The maximum Gasteiger partial charge on any atom is 0.224 e. The van der Waals surface area contributed by atoms with E-state index in [4.69, 9.17) is 11.5 Å². The van der Waals surface area contributed by atoms with Gasteiger partial charge in [-0.3, -0.25) is 0 Å². The molecule has 0 aliphatic heterocycles. The summed E-state index contributed by atoms with van der Waals surface area (Å²) in [7, 11) is 1.98. The molecule has 0 atom stereocenters. The van der Waals surface area contributed by atoms with Gasteiger partial charge in [0.2, 0.25) is 5.95 Å². The third-order valence-corrected chi connectivity index (χ3v) is 5.11.